The fourth-order valence-corrected chi connectivity index (χ4v) is 3.10. The molecule has 132 valence electrons. The molecule has 0 saturated heterocycles. The highest BCUT2D eigenvalue weighted by atomic mass is 127. The smallest absolute Gasteiger partial charge is 0.191 e. The van der Waals surface area contributed by atoms with Crippen LogP contribution >= 0.6 is 35.3 Å². The van der Waals surface area contributed by atoms with E-state index in [9.17, 15) is 0 Å². The van der Waals surface area contributed by atoms with Gasteiger partial charge in [0, 0.05) is 18.5 Å². The first-order valence-electron chi connectivity index (χ1n) is 7.54. The highest BCUT2D eigenvalue weighted by Gasteiger charge is 2.05. The van der Waals surface area contributed by atoms with E-state index in [4.69, 9.17) is 4.74 Å². The first-order valence-corrected chi connectivity index (χ1v) is 8.36. The molecule has 0 saturated carbocycles. The monoisotopic (exact) mass is 460 g/mol. The Bertz CT molecular complexity index is 680. The quantitative estimate of drug-likeness (QED) is 0.407. The van der Waals surface area contributed by atoms with Crippen LogP contribution < -0.4 is 15.4 Å². The summed E-state index contributed by atoms with van der Waals surface area (Å²) in [4.78, 5) is 10.0. The van der Waals surface area contributed by atoms with Gasteiger partial charge in [-0.1, -0.05) is 12.1 Å². The van der Waals surface area contributed by atoms with E-state index in [1.807, 2.05) is 19.9 Å². The predicted octanol–water partition coefficient (Wildman–Crippen LogP) is 3.56. The van der Waals surface area contributed by atoms with Crippen molar-refractivity contribution in [3.63, 3.8) is 0 Å². The van der Waals surface area contributed by atoms with Gasteiger partial charge in [-0.05, 0) is 38.0 Å². The Labute approximate surface area is 165 Å². The summed E-state index contributed by atoms with van der Waals surface area (Å²) in [6.45, 7) is 7.56. The third-order valence-corrected chi connectivity index (χ3v) is 4.70. The van der Waals surface area contributed by atoms with Crippen LogP contribution in [0, 0.1) is 20.8 Å². The Morgan fingerprint density at radius 2 is 1.92 bits per heavy atom. The van der Waals surface area contributed by atoms with Gasteiger partial charge < -0.3 is 15.4 Å². The van der Waals surface area contributed by atoms with E-state index in [0.29, 0.717) is 13.1 Å². The fraction of sp³-hybridized carbons (Fsp3) is 0.412. The number of aliphatic imine (C=N–C) groups is 1. The summed E-state index contributed by atoms with van der Waals surface area (Å²) in [5.74, 6) is 1.68. The largest absolute Gasteiger partial charge is 0.496 e. The molecule has 1 heterocycles. The number of ether oxygens (including phenoxy) is 1. The molecule has 2 rings (SSSR count). The van der Waals surface area contributed by atoms with Crippen LogP contribution in [0.3, 0.4) is 0 Å². The van der Waals surface area contributed by atoms with Crippen LogP contribution in [0.2, 0.25) is 0 Å². The zero-order valence-electron chi connectivity index (χ0n) is 14.8. The summed E-state index contributed by atoms with van der Waals surface area (Å²) in [7, 11) is 3.46. The van der Waals surface area contributed by atoms with Crippen molar-refractivity contribution in [3.8, 4) is 5.75 Å². The van der Waals surface area contributed by atoms with Gasteiger partial charge in [-0.3, -0.25) is 4.99 Å². The van der Waals surface area contributed by atoms with E-state index in [2.05, 4.69) is 39.7 Å². The average molecular weight is 460 g/mol. The molecule has 0 aliphatic rings. The lowest BCUT2D eigenvalue weighted by atomic mass is 10.1. The second-order valence-electron chi connectivity index (χ2n) is 5.33. The van der Waals surface area contributed by atoms with Gasteiger partial charge in [0.1, 0.15) is 10.8 Å². The molecule has 0 atom stereocenters. The number of aromatic nitrogens is 1. The SMILES string of the molecule is CN=C(NCc1ccc(OC)c(C)c1)NCc1nc(C)c(C)s1.I. The second kappa shape index (κ2) is 9.83. The van der Waals surface area contributed by atoms with Crippen LogP contribution in [0.25, 0.3) is 0 Å². The van der Waals surface area contributed by atoms with Gasteiger partial charge in [0.05, 0.1) is 19.3 Å². The zero-order valence-corrected chi connectivity index (χ0v) is 17.9. The molecule has 1 aromatic heterocycles. The minimum Gasteiger partial charge on any atom is -0.496 e. The van der Waals surface area contributed by atoms with Crippen molar-refractivity contribution in [2.24, 2.45) is 4.99 Å². The highest BCUT2D eigenvalue weighted by molar-refractivity contribution is 14.0. The number of hydrogen-bond donors (Lipinski definition) is 2. The van der Waals surface area contributed by atoms with E-state index in [0.717, 1.165) is 28.0 Å². The number of methoxy groups -OCH3 is 1. The maximum Gasteiger partial charge on any atom is 0.191 e. The van der Waals surface area contributed by atoms with Crippen molar-refractivity contribution in [2.45, 2.75) is 33.9 Å². The van der Waals surface area contributed by atoms with E-state index >= 15 is 0 Å². The van der Waals surface area contributed by atoms with Gasteiger partial charge in [-0.2, -0.15) is 0 Å². The van der Waals surface area contributed by atoms with Crippen molar-refractivity contribution in [1.29, 1.82) is 0 Å². The molecule has 0 radical (unpaired) electrons. The lowest BCUT2D eigenvalue weighted by Gasteiger charge is -2.12. The molecule has 5 nitrogen and oxygen atoms in total. The van der Waals surface area contributed by atoms with Crippen molar-refractivity contribution in [3.05, 3.63) is 44.9 Å². The lowest BCUT2D eigenvalue weighted by Crippen LogP contribution is -2.36. The number of benzene rings is 1. The number of halogens is 1. The maximum atomic E-state index is 5.28. The van der Waals surface area contributed by atoms with Crippen molar-refractivity contribution in [1.82, 2.24) is 15.6 Å². The van der Waals surface area contributed by atoms with Gasteiger partial charge in [0.25, 0.3) is 0 Å². The van der Waals surface area contributed by atoms with E-state index in [1.54, 1.807) is 25.5 Å². The summed E-state index contributed by atoms with van der Waals surface area (Å²) < 4.78 is 5.28. The van der Waals surface area contributed by atoms with Crippen LogP contribution in [-0.2, 0) is 13.1 Å². The fourth-order valence-electron chi connectivity index (χ4n) is 2.23. The molecule has 0 unspecified atom stereocenters. The van der Waals surface area contributed by atoms with Gasteiger partial charge in [-0.25, -0.2) is 4.98 Å². The Morgan fingerprint density at radius 3 is 2.46 bits per heavy atom. The van der Waals surface area contributed by atoms with E-state index in [-0.39, 0.29) is 24.0 Å². The Kier molecular flexibility index (Phi) is 8.47. The molecule has 2 aromatic rings. The van der Waals surface area contributed by atoms with Crippen LogP contribution in [0.15, 0.2) is 23.2 Å². The molecule has 0 aliphatic carbocycles. The Balaban J connectivity index is 0.00000288. The number of nitrogens with one attached hydrogen (secondary N) is 2. The molecule has 0 aliphatic heterocycles. The van der Waals surface area contributed by atoms with Gasteiger partial charge >= 0.3 is 0 Å². The van der Waals surface area contributed by atoms with Crippen LogP contribution in [0.5, 0.6) is 5.75 Å². The van der Waals surface area contributed by atoms with Gasteiger partial charge in [-0.15, -0.1) is 35.3 Å². The lowest BCUT2D eigenvalue weighted by molar-refractivity contribution is 0.411. The summed E-state index contributed by atoms with van der Waals surface area (Å²) in [5.41, 5.74) is 3.42. The zero-order chi connectivity index (χ0) is 16.8. The van der Waals surface area contributed by atoms with Crippen molar-refractivity contribution >= 4 is 41.3 Å². The minimum absolute atomic E-state index is 0. The number of nitrogens with zero attached hydrogens (tertiary/aromatic N) is 2. The molecular formula is C17H25IN4OS. The molecule has 24 heavy (non-hydrogen) atoms. The third kappa shape index (κ3) is 5.62. The first-order chi connectivity index (χ1) is 11.0. The maximum absolute atomic E-state index is 5.28. The molecule has 7 heteroatoms. The highest BCUT2D eigenvalue weighted by Crippen LogP contribution is 2.18. The van der Waals surface area contributed by atoms with E-state index < -0.39 is 0 Å². The number of thiazole rings is 1. The normalized spacial score (nSPS) is 11.0. The standard InChI is InChI=1S/C17H24N4OS.HI/c1-11-8-14(6-7-15(11)22-5)9-19-17(18-4)20-10-16-21-12(2)13(3)23-16;/h6-8H,9-10H2,1-5H3,(H2,18,19,20);1H. The molecule has 0 fully saturated rings. The summed E-state index contributed by atoms with van der Waals surface area (Å²) >= 11 is 1.72. The number of hydrogen-bond acceptors (Lipinski definition) is 4. The number of aryl methyl sites for hydroxylation is 3. The topological polar surface area (TPSA) is 58.5 Å². The van der Waals surface area contributed by atoms with Crippen LogP contribution in [-0.4, -0.2) is 25.1 Å². The molecule has 1 aromatic carbocycles. The van der Waals surface area contributed by atoms with Gasteiger partial charge in [0.15, 0.2) is 5.96 Å². The minimum atomic E-state index is 0. The number of rotatable bonds is 5. The van der Waals surface area contributed by atoms with Crippen LogP contribution in [0.4, 0.5) is 0 Å². The van der Waals surface area contributed by atoms with Gasteiger partial charge in [0.2, 0.25) is 0 Å². The first kappa shape index (κ1) is 20.7. The van der Waals surface area contributed by atoms with Crippen LogP contribution in [0.1, 0.15) is 26.7 Å². The number of guanidine groups is 1. The third-order valence-electron chi connectivity index (χ3n) is 3.62. The van der Waals surface area contributed by atoms with Crippen molar-refractivity contribution in [2.75, 3.05) is 14.2 Å². The molecule has 0 amide bonds. The molecule has 0 spiro atoms. The van der Waals surface area contributed by atoms with Crippen molar-refractivity contribution < 1.29 is 4.74 Å². The second-order valence-corrected chi connectivity index (χ2v) is 6.62. The summed E-state index contributed by atoms with van der Waals surface area (Å²) in [6.07, 6.45) is 0. The predicted molar refractivity (Wildman–Crippen MR) is 112 cm³/mol. The Morgan fingerprint density at radius 1 is 1.21 bits per heavy atom. The molecule has 2 N–H and O–H groups in total. The Hall–Kier alpha value is -1.35. The molecular weight excluding hydrogens is 435 g/mol. The summed E-state index contributed by atoms with van der Waals surface area (Å²) in [5, 5.41) is 7.69. The molecule has 0 bridgehead atoms. The average Bonchev–Trinajstić information content (AvgIpc) is 2.86. The summed E-state index contributed by atoms with van der Waals surface area (Å²) in [6, 6.07) is 6.16. The van der Waals surface area contributed by atoms with E-state index in [1.165, 1.54) is 10.4 Å².